The minimum absolute atomic E-state index is 0.120. The van der Waals surface area contributed by atoms with E-state index < -0.39 is 0 Å². The van der Waals surface area contributed by atoms with Gasteiger partial charge in [0.25, 0.3) is 5.56 Å². The van der Waals surface area contributed by atoms with Gasteiger partial charge in [0.05, 0.1) is 18.5 Å². The fourth-order valence-electron chi connectivity index (χ4n) is 3.54. The highest BCUT2D eigenvalue weighted by Gasteiger charge is 2.15. The third-order valence-corrected chi connectivity index (χ3v) is 6.48. The molecule has 0 spiro atoms. The summed E-state index contributed by atoms with van der Waals surface area (Å²) < 4.78 is 0. The molecule has 2 aromatic heterocycles. The highest BCUT2D eigenvalue weighted by Crippen LogP contribution is 2.31. The second kappa shape index (κ2) is 9.24. The van der Waals surface area contributed by atoms with Gasteiger partial charge in [-0.1, -0.05) is 35.9 Å². The first-order valence-electron chi connectivity index (χ1n) is 10.1. The number of fused-ring (bicyclic) bond motifs is 1. The fourth-order valence-corrected chi connectivity index (χ4v) is 4.64. The number of thiophene rings is 1. The van der Waals surface area contributed by atoms with Crippen molar-refractivity contribution in [2.45, 2.75) is 20.4 Å². The van der Waals surface area contributed by atoms with Crippen LogP contribution >= 0.6 is 22.9 Å². The molecule has 0 saturated heterocycles. The Balaban J connectivity index is 1.48. The van der Waals surface area contributed by atoms with Crippen molar-refractivity contribution in [1.82, 2.24) is 14.9 Å². The van der Waals surface area contributed by atoms with Gasteiger partial charge in [-0.2, -0.15) is 0 Å². The zero-order valence-electron chi connectivity index (χ0n) is 18.0. The monoisotopic (exact) mass is 466 g/mol. The van der Waals surface area contributed by atoms with E-state index in [0.29, 0.717) is 27.6 Å². The molecule has 6 nitrogen and oxygen atoms in total. The van der Waals surface area contributed by atoms with Crippen LogP contribution in [0, 0.1) is 13.8 Å². The molecule has 0 bridgehead atoms. The van der Waals surface area contributed by atoms with Crippen LogP contribution in [0.3, 0.4) is 0 Å². The van der Waals surface area contributed by atoms with Crippen LogP contribution in [-0.4, -0.2) is 34.4 Å². The van der Waals surface area contributed by atoms with Gasteiger partial charge in [0.2, 0.25) is 5.91 Å². The van der Waals surface area contributed by atoms with E-state index in [1.54, 1.807) is 12.1 Å². The predicted octanol–water partition coefficient (Wildman–Crippen LogP) is 4.99. The van der Waals surface area contributed by atoms with E-state index in [9.17, 15) is 9.59 Å². The van der Waals surface area contributed by atoms with E-state index >= 15 is 0 Å². The third-order valence-electron chi connectivity index (χ3n) is 5.36. The Morgan fingerprint density at radius 2 is 1.94 bits per heavy atom. The summed E-state index contributed by atoms with van der Waals surface area (Å²) in [5.41, 5.74) is 4.55. The Morgan fingerprint density at radius 1 is 1.19 bits per heavy atom. The largest absolute Gasteiger partial charge is 0.325 e. The number of aryl methyl sites for hydroxylation is 1. The molecular weight excluding hydrogens is 444 g/mol. The Labute approximate surface area is 194 Å². The average molecular weight is 467 g/mol. The summed E-state index contributed by atoms with van der Waals surface area (Å²) in [6, 6.07) is 13.2. The SMILES string of the molecule is Cc1cccc(NC(=O)CN(C)Cc2nc3scc(-c4ccc(Cl)cc4)c3c(=O)[nH]2)c1C. The molecule has 32 heavy (non-hydrogen) atoms. The molecule has 0 fully saturated rings. The van der Waals surface area contributed by atoms with Crippen LogP contribution in [-0.2, 0) is 11.3 Å². The van der Waals surface area contributed by atoms with Gasteiger partial charge in [-0.25, -0.2) is 4.98 Å². The second-order valence-electron chi connectivity index (χ2n) is 7.82. The van der Waals surface area contributed by atoms with Crippen LogP contribution in [0.25, 0.3) is 21.3 Å². The summed E-state index contributed by atoms with van der Waals surface area (Å²) in [5, 5.41) is 6.10. The summed E-state index contributed by atoms with van der Waals surface area (Å²) in [6.07, 6.45) is 0. The van der Waals surface area contributed by atoms with Crippen molar-refractivity contribution in [3.05, 3.63) is 80.2 Å². The molecule has 2 heterocycles. The summed E-state index contributed by atoms with van der Waals surface area (Å²) in [6.45, 7) is 4.52. The van der Waals surface area contributed by atoms with Gasteiger partial charge in [-0.3, -0.25) is 14.5 Å². The maximum absolute atomic E-state index is 12.8. The van der Waals surface area contributed by atoms with E-state index in [2.05, 4.69) is 15.3 Å². The highest BCUT2D eigenvalue weighted by atomic mass is 35.5. The Hall–Kier alpha value is -3.00. The Bertz CT molecular complexity index is 1340. The summed E-state index contributed by atoms with van der Waals surface area (Å²) in [4.78, 5) is 35.3. The number of halogens is 1. The number of anilines is 1. The van der Waals surface area contributed by atoms with Gasteiger partial charge < -0.3 is 10.3 Å². The zero-order valence-corrected chi connectivity index (χ0v) is 19.6. The van der Waals surface area contributed by atoms with E-state index in [-0.39, 0.29) is 18.0 Å². The number of aromatic nitrogens is 2. The molecule has 0 aliphatic heterocycles. The van der Waals surface area contributed by atoms with E-state index in [4.69, 9.17) is 11.6 Å². The molecule has 0 unspecified atom stereocenters. The third kappa shape index (κ3) is 4.75. The number of nitrogens with one attached hydrogen (secondary N) is 2. The first-order valence-corrected chi connectivity index (χ1v) is 11.4. The number of nitrogens with zero attached hydrogens (tertiary/aromatic N) is 2. The molecule has 4 rings (SSSR count). The quantitative estimate of drug-likeness (QED) is 0.419. The van der Waals surface area contributed by atoms with Gasteiger partial charge in [0.1, 0.15) is 10.7 Å². The standard InChI is InChI=1S/C24H23ClN4O2S/c1-14-5-4-6-19(15(14)2)26-21(30)12-29(3)11-20-27-23(31)22-18(13-32-24(22)28-20)16-7-9-17(25)10-8-16/h4-10,13H,11-12H2,1-3H3,(H,26,30)(H,27,28,31). The van der Waals surface area contributed by atoms with Crippen LogP contribution in [0.4, 0.5) is 5.69 Å². The maximum atomic E-state index is 12.8. The van der Waals surface area contributed by atoms with Crippen molar-refractivity contribution in [3.8, 4) is 11.1 Å². The number of H-pyrrole nitrogens is 1. The van der Waals surface area contributed by atoms with Crippen LogP contribution < -0.4 is 10.9 Å². The molecule has 8 heteroatoms. The van der Waals surface area contributed by atoms with E-state index in [1.807, 2.05) is 61.5 Å². The van der Waals surface area contributed by atoms with Gasteiger partial charge in [0.15, 0.2) is 0 Å². The first-order chi connectivity index (χ1) is 15.3. The fraction of sp³-hybridized carbons (Fsp3) is 0.208. The average Bonchev–Trinajstić information content (AvgIpc) is 3.16. The predicted molar refractivity (Wildman–Crippen MR) is 132 cm³/mol. The first kappa shape index (κ1) is 22.2. The Kier molecular flexibility index (Phi) is 6.41. The molecule has 2 N–H and O–H groups in total. The number of likely N-dealkylation sites (N-methyl/N-ethyl adjacent to an activating group) is 1. The van der Waals surface area contributed by atoms with Gasteiger partial charge in [0, 0.05) is 21.7 Å². The number of carbonyl (C=O) groups is 1. The van der Waals surface area contributed by atoms with Crippen LogP contribution in [0.15, 0.2) is 52.6 Å². The van der Waals surface area contributed by atoms with Gasteiger partial charge in [-0.15, -0.1) is 11.3 Å². The number of hydrogen-bond donors (Lipinski definition) is 2. The number of rotatable bonds is 6. The van der Waals surface area contributed by atoms with Crippen molar-refractivity contribution in [3.63, 3.8) is 0 Å². The molecular formula is C24H23ClN4O2S. The van der Waals surface area contributed by atoms with Crippen molar-refractivity contribution in [1.29, 1.82) is 0 Å². The summed E-state index contributed by atoms with van der Waals surface area (Å²) in [5.74, 6) is 0.403. The molecule has 4 aromatic rings. The zero-order chi connectivity index (χ0) is 22.8. The number of amides is 1. The maximum Gasteiger partial charge on any atom is 0.260 e. The van der Waals surface area contributed by atoms with E-state index in [0.717, 1.165) is 27.9 Å². The van der Waals surface area contributed by atoms with Crippen molar-refractivity contribution in [2.75, 3.05) is 18.9 Å². The molecule has 0 saturated carbocycles. The molecule has 164 valence electrons. The lowest BCUT2D eigenvalue weighted by Gasteiger charge is -2.16. The number of hydrogen-bond acceptors (Lipinski definition) is 5. The van der Waals surface area contributed by atoms with Crippen molar-refractivity contribution in [2.24, 2.45) is 0 Å². The topological polar surface area (TPSA) is 78.1 Å². The lowest BCUT2D eigenvalue weighted by atomic mass is 10.1. The van der Waals surface area contributed by atoms with Crippen LogP contribution in [0.1, 0.15) is 17.0 Å². The smallest absolute Gasteiger partial charge is 0.260 e. The van der Waals surface area contributed by atoms with E-state index in [1.165, 1.54) is 11.3 Å². The lowest BCUT2D eigenvalue weighted by molar-refractivity contribution is -0.117. The molecule has 0 atom stereocenters. The number of benzene rings is 2. The molecule has 0 radical (unpaired) electrons. The number of carbonyl (C=O) groups excluding carboxylic acids is 1. The van der Waals surface area contributed by atoms with Gasteiger partial charge >= 0.3 is 0 Å². The van der Waals surface area contributed by atoms with Crippen LogP contribution in [0.2, 0.25) is 5.02 Å². The Morgan fingerprint density at radius 3 is 2.69 bits per heavy atom. The molecule has 1 amide bonds. The lowest BCUT2D eigenvalue weighted by Crippen LogP contribution is -2.31. The van der Waals surface area contributed by atoms with Crippen molar-refractivity contribution < 1.29 is 4.79 Å². The molecule has 0 aliphatic carbocycles. The normalized spacial score (nSPS) is 11.3. The molecule has 2 aromatic carbocycles. The van der Waals surface area contributed by atoms with Crippen molar-refractivity contribution >= 4 is 44.7 Å². The number of aromatic amines is 1. The second-order valence-corrected chi connectivity index (χ2v) is 9.11. The molecule has 0 aliphatic rings. The minimum Gasteiger partial charge on any atom is -0.325 e. The van der Waals surface area contributed by atoms with Crippen LogP contribution in [0.5, 0.6) is 0 Å². The van der Waals surface area contributed by atoms with Gasteiger partial charge in [-0.05, 0) is 55.8 Å². The summed E-state index contributed by atoms with van der Waals surface area (Å²) in [7, 11) is 1.82. The highest BCUT2D eigenvalue weighted by molar-refractivity contribution is 7.17. The minimum atomic E-state index is -0.190. The summed E-state index contributed by atoms with van der Waals surface area (Å²) >= 11 is 7.40.